The Kier molecular flexibility index (Phi) is 7.56. The van der Waals surface area contributed by atoms with Crippen LogP contribution in [0.1, 0.15) is 28.5 Å². The number of carbonyl (C=O) groups excluding carboxylic acids is 2. The summed E-state index contributed by atoms with van der Waals surface area (Å²) < 4.78 is 62.2. The minimum absolute atomic E-state index is 0.0659. The van der Waals surface area contributed by atoms with Crippen LogP contribution in [0.5, 0.6) is 0 Å². The van der Waals surface area contributed by atoms with Gasteiger partial charge in [-0.3, -0.25) is 19.3 Å². The number of carbonyl (C=O) groups is 2. The van der Waals surface area contributed by atoms with Crippen molar-refractivity contribution in [3.63, 3.8) is 0 Å². The molecule has 38 heavy (non-hydrogen) atoms. The van der Waals surface area contributed by atoms with Crippen molar-refractivity contribution < 1.29 is 31.9 Å². The lowest BCUT2D eigenvalue weighted by atomic mass is 9.99. The Morgan fingerprint density at radius 2 is 1.79 bits per heavy atom. The molecule has 196 valence electrons. The fourth-order valence-corrected chi connectivity index (χ4v) is 3.85. The molecule has 0 bridgehead atoms. The number of nitrogens with zero attached hydrogens (tertiary/aromatic N) is 3. The van der Waals surface area contributed by atoms with Crippen molar-refractivity contribution in [3.05, 3.63) is 89.6 Å². The average Bonchev–Trinajstić information content (AvgIpc) is 3.31. The summed E-state index contributed by atoms with van der Waals surface area (Å²) in [6.07, 6.45) is -2.24. The number of alkyl halides is 3. The Labute approximate surface area is 215 Å². The fourth-order valence-electron chi connectivity index (χ4n) is 3.85. The molecule has 2 heterocycles. The lowest BCUT2D eigenvalue weighted by molar-refractivity contribution is -0.142. The van der Waals surface area contributed by atoms with Gasteiger partial charge in [0.25, 0.3) is 5.91 Å². The van der Waals surface area contributed by atoms with Crippen LogP contribution in [0, 0.1) is 5.82 Å². The summed E-state index contributed by atoms with van der Waals surface area (Å²) in [7, 11) is 1.53. The second-order valence-electron chi connectivity index (χ2n) is 8.27. The van der Waals surface area contributed by atoms with Gasteiger partial charge < -0.3 is 10.1 Å². The van der Waals surface area contributed by atoms with Crippen LogP contribution in [0.2, 0.25) is 0 Å². The number of nitrogens with one attached hydrogen (secondary N) is 1. The number of amides is 1. The molecular weight excluding hydrogens is 504 g/mol. The Bertz CT molecular complexity index is 1480. The molecule has 7 nitrogen and oxygen atoms in total. The molecule has 0 saturated heterocycles. The van der Waals surface area contributed by atoms with E-state index in [0.717, 1.165) is 6.07 Å². The van der Waals surface area contributed by atoms with Crippen molar-refractivity contribution in [1.29, 1.82) is 0 Å². The van der Waals surface area contributed by atoms with E-state index < -0.39 is 40.6 Å². The molecule has 0 saturated carbocycles. The van der Waals surface area contributed by atoms with Gasteiger partial charge in [0.15, 0.2) is 0 Å². The lowest BCUT2D eigenvalue weighted by Crippen LogP contribution is -2.17. The summed E-state index contributed by atoms with van der Waals surface area (Å²) in [5, 5.41) is 6.53. The molecule has 0 aliphatic carbocycles. The molecule has 0 atom stereocenters. The standard InChI is InChI=1S/C27H22F4N4O3/c1-3-38-25(36)12-17-11-18(16-7-5-4-6-8-16)24(15-32-17)33-26(37)20-13-19(23-9-10-35(2)34-23)21(14-22(20)28)27(29,30)31/h4-11,13-15H,3,12H2,1-2H3,(H,33,37). The number of ether oxygens (including phenoxy) is 1. The van der Waals surface area contributed by atoms with Crippen LogP contribution in [-0.4, -0.2) is 33.2 Å². The maximum atomic E-state index is 14.9. The fraction of sp³-hybridized carbons (Fsp3) is 0.185. The smallest absolute Gasteiger partial charge is 0.417 e. The van der Waals surface area contributed by atoms with Crippen molar-refractivity contribution in [3.8, 4) is 22.4 Å². The minimum Gasteiger partial charge on any atom is -0.466 e. The molecule has 4 rings (SSSR count). The van der Waals surface area contributed by atoms with Gasteiger partial charge in [-0.15, -0.1) is 0 Å². The third-order valence-electron chi connectivity index (χ3n) is 5.57. The van der Waals surface area contributed by atoms with Gasteiger partial charge in [-0.2, -0.15) is 18.3 Å². The van der Waals surface area contributed by atoms with Gasteiger partial charge in [0.1, 0.15) is 5.82 Å². The van der Waals surface area contributed by atoms with Crippen LogP contribution in [0.3, 0.4) is 0 Å². The van der Waals surface area contributed by atoms with E-state index in [1.54, 1.807) is 43.3 Å². The number of benzene rings is 2. The number of aryl methyl sites for hydroxylation is 1. The molecule has 2 aromatic heterocycles. The molecule has 2 aromatic carbocycles. The van der Waals surface area contributed by atoms with Crippen LogP contribution in [-0.2, 0) is 29.2 Å². The van der Waals surface area contributed by atoms with Crippen molar-refractivity contribution in [1.82, 2.24) is 14.8 Å². The summed E-state index contributed by atoms with van der Waals surface area (Å²) >= 11 is 0. The highest BCUT2D eigenvalue weighted by molar-refractivity contribution is 6.07. The molecule has 0 spiro atoms. The lowest BCUT2D eigenvalue weighted by Gasteiger charge is -2.16. The van der Waals surface area contributed by atoms with Crippen molar-refractivity contribution >= 4 is 17.6 Å². The van der Waals surface area contributed by atoms with E-state index in [4.69, 9.17) is 4.74 Å². The highest BCUT2D eigenvalue weighted by Gasteiger charge is 2.36. The molecule has 1 amide bonds. The summed E-state index contributed by atoms with van der Waals surface area (Å²) in [5.74, 6) is -2.81. The highest BCUT2D eigenvalue weighted by Crippen LogP contribution is 2.38. The van der Waals surface area contributed by atoms with Crippen molar-refractivity contribution in [2.24, 2.45) is 7.05 Å². The molecule has 0 aliphatic heterocycles. The van der Waals surface area contributed by atoms with Gasteiger partial charge in [0.2, 0.25) is 0 Å². The number of pyridine rings is 1. The van der Waals surface area contributed by atoms with Crippen LogP contribution >= 0.6 is 0 Å². The molecule has 11 heteroatoms. The first-order valence-electron chi connectivity index (χ1n) is 11.5. The predicted molar refractivity (Wildman–Crippen MR) is 132 cm³/mol. The molecule has 0 fully saturated rings. The molecule has 0 aliphatic rings. The van der Waals surface area contributed by atoms with Gasteiger partial charge in [-0.05, 0) is 36.8 Å². The normalized spacial score (nSPS) is 11.3. The number of aromatic nitrogens is 3. The highest BCUT2D eigenvalue weighted by atomic mass is 19.4. The van der Waals surface area contributed by atoms with Gasteiger partial charge in [-0.1, -0.05) is 30.3 Å². The Morgan fingerprint density at radius 3 is 2.42 bits per heavy atom. The second kappa shape index (κ2) is 10.8. The topological polar surface area (TPSA) is 86.1 Å². The molecule has 4 aromatic rings. The average molecular weight is 526 g/mol. The summed E-state index contributed by atoms with van der Waals surface area (Å²) in [4.78, 5) is 29.3. The minimum atomic E-state index is -4.87. The number of halogens is 4. The molecular formula is C27H22F4N4O3. The third-order valence-corrected chi connectivity index (χ3v) is 5.57. The molecule has 1 N–H and O–H groups in total. The van der Waals surface area contributed by atoms with E-state index in [9.17, 15) is 27.2 Å². The monoisotopic (exact) mass is 526 g/mol. The second-order valence-corrected chi connectivity index (χ2v) is 8.27. The van der Waals surface area contributed by atoms with E-state index in [1.807, 2.05) is 0 Å². The van der Waals surface area contributed by atoms with Gasteiger partial charge in [0, 0.05) is 24.4 Å². The zero-order valence-corrected chi connectivity index (χ0v) is 20.3. The molecule has 0 radical (unpaired) electrons. The first-order valence-corrected chi connectivity index (χ1v) is 11.5. The quantitative estimate of drug-likeness (QED) is 0.248. The van der Waals surface area contributed by atoms with E-state index in [1.165, 1.54) is 30.2 Å². The maximum absolute atomic E-state index is 14.9. The summed E-state index contributed by atoms with van der Waals surface area (Å²) in [5.41, 5.74) is -0.665. The first kappa shape index (κ1) is 26.5. The number of hydrogen-bond donors (Lipinski definition) is 1. The first-order chi connectivity index (χ1) is 18.1. The zero-order valence-electron chi connectivity index (χ0n) is 20.3. The van der Waals surface area contributed by atoms with E-state index in [0.29, 0.717) is 16.8 Å². The van der Waals surface area contributed by atoms with Crippen molar-refractivity contribution in [2.75, 3.05) is 11.9 Å². The predicted octanol–water partition coefficient (Wildman–Crippen LogP) is 5.66. The SMILES string of the molecule is CCOC(=O)Cc1cc(-c2ccccc2)c(NC(=O)c2cc(-c3ccn(C)n3)c(C(F)(F)F)cc2F)cn1. The number of anilines is 1. The maximum Gasteiger partial charge on any atom is 0.417 e. The van der Waals surface area contributed by atoms with E-state index in [-0.39, 0.29) is 30.5 Å². The van der Waals surface area contributed by atoms with Crippen LogP contribution in [0.15, 0.2) is 67.0 Å². The number of rotatable bonds is 7. The molecule has 0 unspecified atom stereocenters. The Morgan fingerprint density at radius 1 is 1.05 bits per heavy atom. The van der Waals surface area contributed by atoms with E-state index in [2.05, 4.69) is 15.4 Å². The van der Waals surface area contributed by atoms with Gasteiger partial charge in [-0.25, -0.2) is 4.39 Å². The zero-order chi connectivity index (χ0) is 27.4. The van der Waals surface area contributed by atoms with E-state index >= 15 is 0 Å². The summed E-state index contributed by atoms with van der Waals surface area (Å²) in [6.45, 7) is 1.89. The van der Waals surface area contributed by atoms with Crippen LogP contribution in [0.4, 0.5) is 23.2 Å². The number of hydrogen-bond acceptors (Lipinski definition) is 5. The van der Waals surface area contributed by atoms with Crippen molar-refractivity contribution in [2.45, 2.75) is 19.5 Å². The van der Waals surface area contributed by atoms with Gasteiger partial charge in [0.05, 0.1) is 47.4 Å². The number of esters is 1. The van der Waals surface area contributed by atoms with Gasteiger partial charge >= 0.3 is 12.1 Å². The largest absolute Gasteiger partial charge is 0.466 e. The summed E-state index contributed by atoms with van der Waals surface area (Å²) in [6, 6.07) is 12.9. The Balaban J connectivity index is 1.74. The van der Waals surface area contributed by atoms with Crippen LogP contribution < -0.4 is 5.32 Å². The van der Waals surface area contributed by atoms with Crippen LogP contribution in [0.25, 0.3) is 22.4 Å². The third kappa shape index (κ3) is 5.88. The Hall–Kier alpha value is -4.54.